The Labute approximate surface area is 109 Å². The number of aromatic hydroxyl groups is 2. The number of morpholine rings is 1. The zero-order valence-electron chi connectivity index (χ0n) is 10.1. The van der Waals surface area contributed by atoms with Gasteiger partial charge in [0.15, 0.2) is 11.5 Å². The Balaban J connectivity index is 2.26. The monoisotopic (exact) mass is 266 g/mol. The zero-order valence-corrected chi connectivity index (χ0v) is 10.1. The third-order valence-corrected chi connectivity index (χ3v) is 2.94. The molecule has 1 fully saturated rings. The molecule has 0 aliphatic carbocycles. The van der Waals surface area contributed by atoms with Gasteiger partial charge in [-0.3, -0.25) is 9.59 Å². The highest BCUT2D eigenvalue weighted by Gasteiger charge is 2.32. The first kappa shape index (κ1) is 13.2. The number of phenols is 2. The summed E-state index contributed by atoms with van der Waals surface area (Å²) in [5.41, 5.74) is 5.40. The van der Waals surface area contributed by atoms with Crippen LogP contribution in [-0.2, 0) is 9.53 Å². The molecule has 1 atom stereocenters. The van der Waals surface area contributed by atoms with Gasteiger partial charge in [-0.25, -0.2) is 0 Å². The van der Waals surface area contributed by atoms with Crippen molar-refractivity contribution in [1.29, 1.82) is 0 Å². The van der Waals surface area contributed by atoms with Crippen LogP contribution in [0.4, 0.5) is 0 Å². The summed E-state index contributed by atoms with van der Waals surface area (Å²) in [5, 5.41) is 18.6. The van der Waals surface area contributed by atoms with Crippen LogP contribution < -0.4 is 5.73 Å². The van der Waals surface area contributed by atoms with Crippen molar-refractivity contribution in [3.63, 3.8) is 0 Å². The second-order valence-electron chi connectivity index (χ2n) is 4.20. The summed E-state index contributed by atoms with van der Waals surface area (Å²) >= 11 is 0. The minimum absolute atomic E-state index is 0.0607. The van der Waals surface area contributed by atoms with E-state index in [2.05, 4.69) is 0 Å². The molecule has 7 heteroatoms. The number of benzene rings is 1. The maximum atomic E-state index is 12.2. The van der Waals surface area contributed by atoms with Gasteiger partial charge in [-0.05, 0) is 18.2 Å². The van der Waals surface area contributed by atoms with Gasteiger partial charge in [0.1, 0.15) is 6.04 Å². The topological polar surface area (TPSA) is 113 Å². The Kier molecular flexibility index (Phi) is 3.57. The lowest BCUT2D eigenvalue weighted by molar-refractivity contribution is -0.127. The predicted molar refractivity (Wildman–Crippen MR) is 64.6 cm³/mol. The number of nitrogens with two attached hydrogens (primary N) is 1. The fourth-order valence-electron chi connectivity index (χ4n) is 1.90. The molecule has 1 aromatic rings. The van der Waals surface area contributed by atoms with Crippen LogP contribution in [-0.4, -0.2) is 52.7 Å². The number of ether oxygens (including phenoxy) is 1. The molecule has 0 saturated carbocycles. The van der Waals surface area contributed by atoms with Crippen molar-refractivity contribution >= 4 is 11.8 Å². The molecule has 1 saturated heterocycles. The number of hydrogen-bond acceptors (Lipinski definition) is 5. The van der Waals surface area contributed by atoms with E-state index in [0.717, 1.165) is 6.07 Å². The van der Waals surface area contributed by atoms with E-state index in [1.165, 1.54) is 17.0 Å². The lowest BCUT2D eigenvalue weighted by atomic mass is 10.1. The maximum absolute atomic E-state index is 12.2. The molecule has 19 heavy (non-hydrogen) atoms. The van der Waals surface area contributed by atoms with Gasteiger partial charge < -0.3 is 25.6 Å². The average molecular weight is 266 g/mol. The first-order chi connectivity index (χ1) is 9.00. The molecule has 102 valence electrons. The highest BCUT2D eigenvalue weighted by molar-refractivity contribution is 5.98. The van der Waals surface area contributed by atoms with Crippen LogP contribution in [0.25, 0.3) is 0 Å². The molecule has 4 N–H and O–H groups in total. The molecule has 1 unspecified atom stereocenters. The van der Waals surface area contributed by atoms with E-state index in [0.29, 0.717) is 6.61 Å². The van der Waals surface area contributed by atoms with E-state index in [1.54, 1.807) is 0 Å². The average Bonchev–Trinajstić information content (AvgIpc) is 2.41. The third-order valence-electron chi connectivity index (χ3n) is 2.94. The van der Waals surface area contributed by atoms with Crippen LogP contribution >= 0.6 is 0 Å². The summed E-state index contributed by atoms with van der Waals surface area (Å²) in [5.74, 6) is -1.79. The number of amides is 2. The molecular weight excluding hydrogens is 252 g/mol. The van der Waals surface area contributed by atoms with E-state index >= 15 is 0 Å². The standard InChI is InChI=1S/C12H14N2O5/c13-11(17)8-6-19-4-3-14(8)12(18)7-1-2-9(15)10(16)5-7/h1-2,5,8,15-16H,3-4,6H2,(H2,13,17). The van der Waals surface area contributed by atoms with Crippen LogP contribution in [0.5, 0.6) is 11.5 Å². The Morgan fingerprint density at radius 2 is 2.05 bits per heavy atom. The number of nitrogens with zero attached hydrogens (tertiary/aromatic N) is 1. The summed E-state index contributed by atoms with van der Waals surface area (Å²) < 4.78 is 5.12. The van der Waals surface area contributed by atoms with Gasteiger partial charge in [0.25, 0.3) is 5.91 Å². The second kappa shape index (κ2) is 5.15. The SMILES string of the molecule is NC(=O)C1COCCN1C(=O)c1ccc(O)c(O)c1. The van der Waals surface area contributed by atoms with Crippen LogP contribution in [0.2, 0.25) is 0 Å². The van der Waals surface area contributed by atoms with Gasteiger partial charge in [0.05, 0.1) is 13.2 Å². The summed E-state index contributed by atoms with van der Waals surface area (Å²) in [4.78, 5) is 24.8. The van der Waals surface area contributed by atoms with Crippen molar-refractivity contribution in [1.82, 2.24) is 4.90 Å². The molecular formula is C12H14N2O5. The van der Waals surface area contributed by atoms with E-state index in [-0.39, 0.29) is 24.5 Å². The van der Waals surface area contributed by atoms with Crippen molar-refractivity contribution in [3.8, 4) is 11.5 Å². The summed E-state index contributed by atoms with van der Waals surface area (Å²) in [6.45, 7) is 0.624. The number of carbonyl (C=O) groups excluding carboxylic acids is 2. The first-order valence-corrected chi connectivity index (χ1v) is 5.70. The molecule has 2 rings (SSSR count). The van der Waals surface area contributed by atoms with E-state index in [4.69, 9.17) is 10.5 Å². The molecule has 2 amide bonds. The van der Waals surface area contributed by atoms with Crippen molar-refractivity contribution in [2.45, 2.75) is 6.04 Å². The van der Waals surface area contributed by atoms with E-state index in [9.17, 15) is 19.8 Å². The lowest BCUT2D eigenvalue weighted by Crippen LogP contribution is -2.54. The quantitative estimate of drug-likeness (QED) is 0.620. The fraction of sp³-hybridized carbons (Fsp3) is 0.333. The van der Waals surface area contributed by atoms with E-state index < -0.39 is 23.6 Å². The van der Waals surface area contributed by atoms with Crippen LogP contribution in [0.1, 0.15) is 10.4 Å². The molecule has 1 aliphatic heterocycles. The van der Waals surface area contributed by atoms with E-state index in [1.807, 2.05) is 0 Å². The minimum Gasteiger partial charge on any atom is -0.504 e. The molecule has 0 radical (unpaired) electrons. The molecule has 1 aliphatic rings. The van der Waals surface area contributed by atoms with Gasteiger partial charge in [-0.15, -0.1) is 0 Å². The maximum Gasteiger partial charge on any atom is 0.254 e. The van der Waals surface area contributed by atoms with Crippen molar-refractivity contribution in [2.24, 2.45) is 5.73 Å². The normalized spacial score (nSPS) is 19.2. The third kappa shape index (κ3) is 2.60. The molecule has 7 nitrogen and oxygen atoms in total. The van der Waals surface area contributed by atoms with Gasteiger partial charge in [-0.2, -0.15) is 0 Å². The van der Waals surface area contributed by atoms with Crippen molar-refractivity contribution < 1.29 is 24.5 Å². The summed E-state index contributed by atoms with van der Waals surface area (Å²) in [6, 6.07) is 2.90. The summed E-state index contributed by atoms with van der Waals surface area (Å²) in [6.07, 6.45) is 0. The Morgan fingerprint density at radius 1 is 1.32 bits per heavy atom. The van der Waals surface area contributed by atoms with Crippen LogP contribution in [0.15, 0.2) is 18.2 Å². The second-order valence-corrected chi connectivity index (χ2v) is 4.20. The van der Waals surface area contributed by atoms with Gasteiger partial charge in [0, 0.05) is 12.1 Å². The number of rotatable bonds is 2. The molecule has 1 aromatic carbocycles. The number of primary amides is 1. The number of carbonyl (C=O) groups is 2. The van der Waals surface area contributed by atoms with Crippen LogP contribution in [0.3, 0.4) is 0 Å². The highest BCUT2D eigenvalue weighted by Crippen LogP contribution is 2.26. The molecule has 1 heterocycles. The van der Waals surface area contributed by atoms with Crippen molar-refractivity contribution in [3.05, 3.63) is 23.8 Å². The minimum atomic E-state index is -0.822. The zero-order chi connectivity index (χ0) is 14.0. The lowest BCUT2D eigenvalue weighted by Gasteiger charge is -2.33. The Morgan fingerprint density at radius 3 is 2.68 bits per heavy atom. The highest BCUT2D eigenvalue weighted by atomic mass is 16.5. The van der Waals surface area contributed by atoms with Crippen molar-refractivity contribution in [2.75, 3.05) is 19.8 Å². The predicted octanol–water partition coefficient (Wildman–Crippen LogP) is -0.576. The molecule has 0 spiro atoms. The van der Waals surface area contributed by atoms with Crippen LogP contribution in [0, 0.1) is 0 Å². The van der Waals surface area contributed by atoms with Gasteiger partial charge >= 0.3 is 0 Å². The fourth-order valence-corrected chi connectivity index (χ4v) is 1.90. The number of phenolic OH excluding ortho intramolecular Hbond substituents is 2. The number of hydrogen-bond donors (Lipinski definition) is 3. The smallest absolute Gasteiger partial charge is 0.254 e. The molecule has 0 bridgehead atoms. The Bertz CT molecular complexity index is 517. The summed E-state index contributed by atoms with van der Waals surface area (Å²) in [7, 11) is 0. The van der Waals surface area contributed by atoms with Gasteiger partial charge in [0.2, 0.25) is 5.91 Å². The van der Waals surface area contributed by atoms with Gasteiger partial charge in [-0.1, -0.05) is 0 Å². The first-order valence-electron chi connectivity index (χ1n) is 5.70. The Hall–Kier alpha value is -2.28. The largest absolute Gasteiger partial charge is 0.504 e. The molecule has 0 aromatic heterocycles.